The topological polar surface area (TPSA) is 150 Å². The van der Waals surface area contributed by atoms with Crippen LogP contribution < -0.4 is 15.1 Å². The Labute approximate surface area is 412 Å². The van der Waals surface area contributed by atoms with E-state index in [1.54, 1.807) is 54.1 Å². The molecule has 366 valence electrons. The SMILES string of the molecule is CN(C)C(=O)c1cc2c(-c3ccc(N4CCC(N5CCC6(CCN(C(=O)c7ccc(Cl)c(N8CCC(=O)NC8=O)c7)CC6)CC5)CC4)cc3)cc(C3=CCCN(C(=O)CCn4cccn4)C3)c(F)c2[nH]1. The van der Waals surface area contributed by atoms with E-state index in [0.29, 0.717) is 84.5 Å². The van der Waals surface area contributed by atoms with E-state index in [1.807, 2.05) is 29.3 Å². The van der Waals surface area contributed by atoms with Crippen LogP contribution in [0, 0.1) is 11.2 Å². The van der Waals surface area contributed by atoms with Gasteiger partial charge in [-0.05, 0) is 129 Å². The van der Waals surface area contributed by atoms with Crippen molar-refractivity contribution in [3.63, 3.8) is 0 Å². The van der Waals surface area contributed by atoms with Gasteiger partial charge in [-0.2, -0.15) is 5.10 Å². The van der Waals surface area contributed by atoms with Gasteiger partial charge in [0, 0.05) is 120 Å². The van der Waals surface area contributed by atoms with Crippen molar-refractivity contribution in [3.05, 3.63) is 107 Å². The zero-order chi connectivity index (χ0) is 48.7. The molecule has 5 aliphatic heterocycles. The number of carbonyl (C=O) groups excluding carboxylic acids is 5. The number of amides is 6. The average molecular weight is 972 g/mol. The lowest BCUT2D eigenvalue weighted by Gasteiger charge is -2.49. The second kappa shape index (κ2) is 19.7. The summed E-state index contributed by atoms with van der Waals surface area (Å²) in [6.07, 6.45) is 13.0. The summed E-state index contributed by atoms with van der Waals surface area (Å²) in [6.45, 7) is 6.93. The zero-order valence-electron chi connectivity index (χ0n) is 39.9. The molecule has 0 radical (unpaired) electrons. The molecule has 5 aromatic rings. The van der Waals surface area contributed by atoms with Gasteiger partial charge >= 0.3 is 6.03 Å². The molecule has 2 aromatic heterocycles. The molecule has 3 aromatic carbocycles. The number of likely N-dealkylation sites (tertiary alicyclic amines) is 2. The second-order valence-electron chi connectivity index (χ2n) is 19.8. The zero-order valence-corrected chi connectivity index (χ0v) is 40.6. The van der Waals surface area contributed by atoms with Crippen LogP contribution in [0.4, 0.5) is 20.6 Å². The number of benzene rings is 3. The first-order valence-corrected chi connectivity index (χ1v) is 25.0. The van der Waals surface area contributed by atoms with Gasteiger partial charge in [0.05, 0.1) is 16.2 Å². The summed E-state index contributed by atoms with van der Waals surface area (Å²) in [5, 5.41) is 7.53. The summed E-state index contributed by atoms with van der Waals surface area (Å²) in [5.74, 6) is -1.08. The minimum absolute atomic E-state index is 0.00481. The van der Waals surface area contributed by atoms with Gasteiger partial charge in [0.25, 0.3) is 11.8 Å². The minimum atomic E-state index is -0.533. The quantitative estimate of drug-likeness (QED) is 0.145. The molecule has 17 heteroatoms. The van der Waals surface area contributed by atoms with E-state index in [4.69, 9.17) is 11.6 Å². The van der Waals surface area contributed by atoms with Crippen molar-refractivity contribution in [2.24, 2.45) is 5.41 Å². The van der Waals surface area contributed by atoms with E-state index in [-0.39, 0.29) is 47.5 Å². The van der Waals surface area contributed by atoms with Crippen LogP contribution in [0.15, 0.2) is 79.1 Å². The summed E-state index contributed by atoms with van der Waals surface area (Å²) >= 11 is 6.46. The number of anilines is 2. The number of nitrogens with zero attached hydrogens (tertiary/aromatic N) is 8. The van der Waals surface area contributed by atoms with Crippen molar-refractivity contribution in [1.29, 1.82) is 0 Å². The molecule has 5 aliphatic rings. The first kappa shape index (κ1) is 47.2. The summed E-state index contributed by atoms with van der Waals surface area (Å²) in [6, 6.07) is 18.9. The van der Waals surface area contributed by atoms with E-state index in [0.717, 1.165) is 87.1 Å². The predicted octanol–water partition coefficient (Wildman–Crippen LogP) is 7.67. The number of nitrogens with one attached hydrogen (secondary N) is 2. The molecular formula is C53H60ClFN10O5. The molecule has 0 aliphatic carbocycles. The first-order valence-electron chi connectivity index (χ1n) is 24.6. The maximum atomic E-state index is 16.7. The van der Waals surface area contributed by atoms with Crippen LogP contribution in [-0.4, -0.2) is 143 Å². The van der Waals surface area contributed by atoms with Gasteiger partial charge < -0.3 is 29.5 Å². The monoisotopic (exact) mass is 970 g/mol. The Morgan fingerprint density at radius 1 is 0.871 bits per heavy atom. The van der Waals surface area contributed by atoms with Crippen molar-refractivity contribution in [1.82, 2.24) is 39.7 Å². The standard InChI is InChI=1S/C53H60ClFN10O5/c1-59(2)51(69)44-33-42-40(32-41(48(55)49(42)57-44)37-5-3-21-63(34-37)47(67)15-25-64-22-4-20-56-64)35-6-9-38(10-7-35)60-23-12-39(13-24-60)61-27-16-53(17-28-61)18-29-62(30-19-53)50(68)36-8-11-43(54)45(31-36)65-26-14-46(66)58-52(65)70/h4-11,20,22,31-33,39,57H,3,12-19,21,23-30,34H2,1-2H3,(H,58,66,70). The maximum Gasteiger partial charge on any atom is 0.328 e. The Balaban J connectivity index is 0.757. The number of aryl methyl sites for hydroxylation is 1. The smallest absolute Gasteiger partial charge is 0.328 e. The fraction of sp³-hybridized carbons (Fsp3) is 0.434. The van der Waals surface area contributed by atoms with Gasteiger partial charge in [0.1, 0.15) is 5.69 Å². The fourth-order valence-electron chi connectivity index (χ4n) is 11.3. The number of aromatic nitrogens is 3. The Morgan fingerprint density at radius 2 is 1.61 bits per heavy atom. The third-order valence-corrected chi connectivity index (χ3v) is 15.8. The molecular weight excluding hydrogens is 911 g/mol. The summed E-state index contributed by atoms with van der Waals surface area (Å²) in [7, 11) is 3.35. The van der Waals surface area contributed by atoms with Crippen molar-refractivity contribution in [2.45, 2.75) is 70.4 Å². The van der Waals surface area contributed by atoms with Crippen LogP contribution >= 0.6 is 11.6 Å². The molecule has 0 saturated carbocycles. The van der Waals surface area contributed by atoms with Crippen molar-refractivity contribution in [2.75, 3.05) is 82.8 Å². The van der Waals surface area contributed by atoms with Crippen LogP contribution in [0.25, 0.3) is 27.6 Å². The average Bonchev–Trinajstić information content (AvgIpc) is 4.08. The molecule has 1 spiro atoms. The number of hydrogen-bond donors (Lipinski definition) is 2. The molecule has 0 atom stereocenters. The highest BCUT2D eigenvalue weighted by molar-refractivity contribution is 6.34. The lowest BCUT2D eigenvalue weighted by atomic mass is 9.71. The number of halogens is 2. The molecule has 0 bridgehead atoms. The number of H-pyrrole nitrogens is 1. The highest BCUT2D eigenvalue weighted by Gasteiger charge is 2.41. The number of rotatable bonds is 10. The number of aromatic amines is 1. The predicted molar refractivity (Wildman–Crippen MR) is 268 cm³/mol. The van der Waals surface area contributed by atoms with Gasteiger partial charge in [-0.25, -0.2) is 9.18 Å². The van der Waals surface area contributed by atoms with Crippen LogP contribution in [0.5, 0.6) is 0 Å². The molecule has 4 saturated heterocycles. The maximum absolute atomic E-state index is 16.7. The Bertz CT molecular complexity index is 2840. The number of urea groups is 1. The number of imide groups is 1. The second-order valence-corrected chi connectivity index (χ2v) is 20.2. The van der Waals surface area contributed by atoms with E-state index < -0.39 is 11.8 Å². The van der Waals surface area contributed by atoms with Crippen molar-refractivity contribution < 1.29 is 28.4 Å². The Morgan fingerprint density at radius 3 is 2.31 bits per heavy atom. The highest BCUT2D eigenvalue weighted by Crippen LogP contribution is 2.43. The van der Waals surface area contributed by atoms with Gasteiger partial charge in [0.15, 0.2) is 5.82 Å². The highest BCUT2D eigenvalue weighted by atomic mass is 35.5. The first-order chi connectivity index (χ1) is 33.8. The van der Waals surface area contributed by atoms with Crippen LogP contribution in [0.3, 0.4) is 0 Å². The summed E-state index contributed by atoms with van der Waals surface area (Å²) in [5.41, 5.74) is 5.76. The van der Waals surface area contributed by atoms with E-state index in [2.05, 4.69) is 49.5 Å². The summed E-state index contributed by atoms with van der Waals surface area (Å²) in [4.78, 5) is 79.3. The lowest BCUT2D eigenvalue weighted by molar-refractivity contribution is -0.131. The van der Waals surface area contributed by atoms with Crippen LogP contribution in [0.1, 0.15) is 84.2 Å². The van der Waals surface area contributed by atoms with E-state index in [1.165, 1.54) is 9.80 Å². The van der Waals surface area contributed by atoms with Gasteiger partial charge in [-0.15, -0.1) is 0 Å². The Kier molecular flexibility index (Phi) is 13.3. The number of hydrogen-bond acceptors (Lipinski definition) is 8. The number of carbonyl (C=O) groups is 5. The largest absolute Gasteiger partial charge is 0.371 e. The van der Waals surface area contributed by atoms with Crippen LogP contribution in [0.2, 0.25) is 5.02 Å². The van der Waals surface area contributed by atoms with Crippen LogP contribution in [-0.2, 0) is 16.1 Å². The Hall–Kier alpha value is -6.52. The molecule has 15 nitrogen and oxygen atoms in total. The van der Waals surface area contributed by atoms with Gasteiger partial charge in [-0.1, -0.05) is 29.8 Å². The molecule has 6 amide bonds. The molecule has 10 rings (SSSR count). The fourth-order valence-corrected chi connectivity index (χ4v) is 11.5. The molecule has 2 N–H and O–H groups in total. The normalized spacial score (nSPS) is 19.2. The lowest BCUT2D eigenvalue weighted by Crippen LogP contribution is -2.52. The van der Waals surface area contributed by atoms with E-state index >= 15 is 4.39 Å². The minimum Gasteiger partial charge on any atom is -0.371 e. The molecule has 7 heterocycles. The molecule has 4 fully saturated rings. The third-order valence-electron chi connectivity index (χ3n) is 15.5. The molecule has 70 heavy (non-hydrogen) atoms. The van der Waals surface area contributed by atoms with Gasteiger partial charge in [0.2, 0.25) is 11.8 Å². The summed E-state index contributed by atoms with van der Waals surface area (Å²) < 4.78 is 18.4. The molecule has 0 unspecified atom stereocenters. The van der Waals surface area contributed by atoms with Gasteiger partial charge in [-0.3, -0.25) is 34.1 Å². The van der Waals surface area contributed by atoms with Crippen molar-refractivity contribution >= 4 is 69.1 Å². The third kappa shape index (κ3) is 9.55. The van der Waals surface area contributed by atoms with Crippen molar-refractivity contribution in [3.8, 4) is 11.1 Å². The number of piperidine rings is 3. The number of fused-ring (bicyclic) bond motifs is 1. The van der Waals surface area contributed by atoms with E-state index in [9.17, 15) is 24.0 Å².